The molecule has 128 valence electrons. The molecular formula is C17H21ClN4O2. The van der Waals surface area contributed by atoms with E-state index in [1.54, 1.807) is 6.07 Å². The predicted octanol–water partition coefficient (Wildman–Crippen LogP) is 3.09. The van der Waals surface area contributed by atoms with E-state index in [2.05, 4.69) is 16.2 Å². The van der Waals surface area contributed by atoms with Gasteiger partial charge in [0, 0.05) is 45.7 Å². The SMILES string of the molecule is CN(C)c1cc(C2CCCN2C(=O)CCc2cc(Cl)no2)ccn1. The summed E-state index contributed by atoms with van der Waals surface area (Å²) in [6.07, 6.45) is 4.72. The van der Waals surface area contributed by atoms with Crippen molar-refractivity contribution in [2.75, 3.05) is 25.5 Å². The summed E-state index contributed by atoms with van der Waals surface area (Å²) in [4.78, 5) is 20.9. The third kappa shape index (κ3) is 3.70. The molecule has 3 heterocycles. The first kappa shape index (κ1) is 16.8. The van der Waals surface area contributed by atoms with E-state index < -0.39 is 0 Å². The van der Waals surface area contributed by atoms with Crippen LogP contribution in [0.2, 0.25) is 5.15 Å². The smallest absolute Gasteiger partial charge is 0.223 e. The third-order valence-electron chi connectivity index (χ3n) is 4.30. The Morgan fingerprint density at radius 1 is 1.46 bits per heavy atom. The molecule has 2 aromatic heterocycles. The highest BCUT2D eigenvalue weighted by molar-refractivity contribution is 6.29. The van der Waals surface area contributed by atoms with Gasteiger partial charge in [0.1, 0.15) is 11.6 Å². The number of hydrogen-bond acceptors (Lipinski definition) is 5. The molecule has 6 nitrogen and oxygen atoms in total. The first-order valence-electron chi connectivity index (χ1n) is 8.08. The summed E-state index contributed by atoms with van der Waals surface area (Å²) in [7, 11) is 3.93. The molecule has 0 aromatic carbocycles. The quantitative estimate of drug-likeness (QED) is 0.830. The Hall–Kier alpha value is -2.08. The average Bonchev–Trinajstić information content (AvgIpc) is 3.21. The van der Waals surface area contributed by atoms with Crippen LogP contribution in [0.3, 0.4) is 0 Å². The minimum Gasteiger partial charge on any atom is -0.363 e. The zero-order valence-electron chi connectivity index (χ0n) is 13.9. The number of nitrogens with zero attached hydrogens (tertiary/aromatic N) is 4. The molecule has 3 rings (SSSR count). The molecule has 1 unspecified atom stereocenters. The molecule has 0 aliphatic carbocycles. The van der Waals surface area contributed by atoms with Crippen molar-refractivity contribution in [2.45, 2.75) is 31.7 Å². The van der Waals surface area contributed by atoms with E-state index in [9.17, 15) is 4.79 Å². The van der Waals surface area contributed by atoms with Crippen molar-refractivity contribution in [3.05, 3.63) is 40.9 Å². The summed E-state index contributed by atoms with van der Waals surface area (Å²) in [5, 5.41) is 3.96. The van der Waals surface area contributed by atoms with E-state index in [-0.39, 0.29) is 11.9 Å². The third-order valence-corrected chi connectivity index (χ3v) is 4.48. The minimum absolute atomic E-state index is 0.123. The van der Waals surface area contributed by atoms with Crippen LogP contribution in [-0.4, -0.2) is 41.6 Å². The van der Waals surface area contributed by atoms with Gasteiger partial charge in [0.25, 0.3) is 0 Å². The van der Waals surface area contributed by atoms with Gasteiger partial charge in [-0.15, -0.1) is 0 Å². The number of pyridine rings is 1. The number of carbonyl (C=O) groups excluding carboxylic acids is 1. The number of aromatic nitrogens is 2. The number of halogens is 1. The van der Waals surface area contributed by atoms with Gasteiger partial charge in [0.05, 0.1) is 6.04 Å². The lowest BCUT2D eigenvalue weighted by Crippen LogP contribution is -2.30. The Kier molecular flexibility index (Phi) is 5.04. The standard InChI is InChI=1S/C17H21ClN4O2/c1-21(2)16-10-12(7-8-19-16)14-4-3-9-22(14)17(23)6-5-13-11-15(18)20-24-13/h7-8,10-11,14H,3-6,9H2,1-2H3. The fourth-order valence-corrected chi connectivity index (χ4v) is 3.23. The van der Waals surface area contributed by atoms with E-state index in [1.165, 1.54) is 0 Å². The van der Waals surface area contributed by atoms with Crippen molar-refractivity contribution < 1.29 is 9.32 Å². The first-order valence-corrected chi connectivity index (χ1v) is 8.46. The molecule has 1 fully saturated rings. The number of rotatable bonds is 5. The minimum atomic E-state index is 0.123. The van der Waals surface area contributed by atoms with Gasteiger partial charge in [0.15, 0.2) is 5.15 Å². The van der Waals surface area contributed by atoms with Crippen molar-refractivity contribution in [3.63, 3.8) is 0 Å². The molecule has 0 bridgehead atoms. The highest BCUT2D eigenvalue weighted by atomic mass is 35.5. The van der Waals surface area contributed by atoms with Crippen LogP contribution in [0, 0.1) is 0 Å². The zero-order chi connectivity index (χ0) is 17.1. The number of hydrogen-bond donors (Lipinski definition) is 0. The summed E-state index contributed by atoms with van der Waals surface area (Å²) in [5.41, 5.74) is 1.14. The van der Waals surface area contributed by atoms with E-state index in [0.29, 0.717) is 23.8 Å². The van der Waals surface area contributed by atoms with Gasteiger partial charge in [-0.1, -0.05) is 16.8 Å². The van der Waals surface area contributed by atoms with Gasteiger partial charge in [-0.05, 0) is 30.5 Å². The Bertz CT molecular complexity index is 716. The molecule has 1 aliphatic rings. The largest absolute Gasteiger partial charge is 0.363 e. The molecule has 1 atom stereocenters. The van der Waals surface area contributed by atoms with Crippen molar-refractivity contribution in [1.82, 2.24) is 15.0 Å². The van der Waals surface area contributed by atoms with Crippen LogP contribution in [-0.2, 0) is 11.2 Å². The molecule has 1 saturated heterocycles. The van der Waals surface area contributed by atoms with Crippen LogP contribution in [0.15, 0.2) is 28.9 Å². The first-order chi connectivity index (χ1) is 11.5. The summed E-state index contributed by atoms with van der Waals surface area (Å²) >= 11 is 5.74. The molecule has 0 spiro atoms. The van der Waals surface area contributed by atoms with E-state index in [1.807, 2.05) is 36.2 Å². The molecule has 0 saturated carbocycles. The number of amides is 1. The second-order valence-corrected chi connectivity index (χ2v) is 6.59. The van der Waals surface area contributed by atoms with Crippen molar-refractivity contribution in [3.8, 4) is 0 Å². The summed E-state index contributed by atoms with van der Waals surface area (Å²) in [6.45, 7) is 0.792. The number of anilines is 1. The molecule has 1 aliphatic heterocycles. The zero-order valence-corrected chi connectivity index (χ0v) is 14.7. The topological polar surface area (TPSA) is 62.5 Å². The number of aryl methyl sites for hydroxylation is 1. The van der Waals surface area contributed by atoms with Gasteiger partial charge in [-0.3, -0.25) is 4.79 Å². The maximum Gasteiger partial charge on any atom is 0.223 e. The fraction of sp³-hybridized carbons (Fsp3) is 0.471. The Labute approximate surface area is 146 Å². The lowest BCUT2D eigenvalue weighted by molar-refractivity contribution is -0.132. The molecule has 24 heavy (non-hydrogen) atoms. The van der Waals surface area contributed by atoms with Crippen LogP contribution in [0.1, 0.15) is 36.6 Å². The van der Waals surface area contributed by atoms with Crippen molar-refractivity contribution in [1.29, 1.82) is 0 Å². The monoisotopic (exact) mass is 348 g/mol. The summed E-state index contributed by atoms with van der Waals surface area (Å²) in [6, 6.07) is 5.84. The number of carbonyl (C=O) groups is 1. The molecule has 0 N–H and O–H groups in total. The highest BCUT2D eigenvalue weighted by Crippen LogP contribution is 2.33. The molecule has 1 amide bonds. The van der Waals surface area contributed by atoms with Crippen LogP contribution in [0.5, 0.6) is 0 Å². The van der Waals surface area contributed by atoms with Gasteiger partial charge in [-0.2, -0.15) is 0 Å². The van der Waals surface area contributed by atoms with E-state index >= 15 is 0 Å². The Morgan fingerprint density at radius 2 is 2.29 bits per heavy atom. The maximum absolute atomic E-state index is 12.6. The Balaban J connectivity index is 1.68. The second kappa shape index (κ2) is 7.21. The van der Waals surface area contributed by atoms with Gasteiger partial charge in [-0.25, -0.2) is 4.98 Å². The number of likely N-dealkylation sites (tertiary alicyclic amines) is 1. The van der Waals surface area contributed by atoms with E-state index in [0.717, 1.165) is 30.8 Å². The van der Waals surface area contributed by atoms with Crippen LogP contribution in [0.4, 0.5) is 5.82 Å². The lowest BCUT2D eigenvalue weighted by atomic mass is 10.1. The molecule has 2 aromatic rings. The van der Waals surface area contributed by atoms with Crippen LogP contribution in [0.25, 0.3) is 0 Å². The van der Waals surface area contributed by atoms with Crippen molar-refractivity contribution in [2.24, 2.45) is 0 Å². The lowest BCUT2D eigenvalue weighted by Gasteiger charge is -2.26. The van der Waals surface area contributed by atoms with E-state index in [4.69, 9.17) is 16.1 Å². The van der Waals surface area contributed by atoms with Gasteiger partial charge >= 0.3 is 0 Å². The van der Waals surface area contributed by atoms with Crippen molar-refractivity contribution >= 4 is 23.3 Å². The van der Waals surface area contributed by atoms with Crippen LogP contribution >= 0.6 is 11.6 Å². The average molecular weight is 349 g/mol. The summed E-state index contributed by atoms with van der Waals surface area (Å²) < 4.78 is 5.06. The molecular weight excluding hydrogens is 328 g/mol. The second-order valence-electron chi connectivity index (χ2n) is 6.20. The molecule has 0 radical (unpaired) electrons. The highest BCUT2D eigenvalue weighted by Gasteiger charge is 2.30. The maximum atomic E-state index is 12.6. The Morgan fingerprint density at radius 3 is 3.00 bits per heavy atom. The van der Waals surface area contributed by atoms with Crippen LogP contribution < -0.4 is 4.90 Å². The normalized spacial score (nSPS) is 17.3. The van der Waals surface area contributed by atoms with Gasteiger partial charge < -0.3 is 14.3 Å². The predicted molar refractivity (Wildman–Crippen MR) is 92.1 cm³/mol. The van der Waals surface area contributed by atoms with Gasteiger partial charge in [0.2, 0.25) is 5.91 Å². The molecule has 7 heteroatoms. The fourth-order valence-electron chi connectivity index (χ4n) is 3.08. The summed E-state index contributed by atoms with van der Waals surface area (Å²) in [5.74, 6) is 1.68.